The first-order chi connectivity index (χ1) is 13.8. The lowest BCUT2D eigenvalue weighted by atomic mass is 10.1. The molecule has 0 aliphatic rings. The lowest BCUT2D eigenvalue weighted by Gasteiger charge is -2.15. The van der Waals surface area contributed by atoms with E-state index in [-0.39, 0.29) is 6.04 Å². The normalized spacial score (nSPS) is 12.3. The van der Waals surface area contributed by atoms with Crippen LogP contribution in [0.1, 0.15) is 18.7 Å². The molecule has 5 aromatic rings. The number of fused-ring (bicyclic) bond motifs is 2. The van der Waals surface area contributed by atoms with Crippen LogP contribution in [0.15, 0.2) is 83.5 Å². The Kier molecular flexibility index (Phi) is 3.98. The Bertz CT molecular complexity index is 1230. The zero-order chi connectivity index (χ0) is 18.9. The molecule has 0 saturated heterocycles. The Labute approximate surface area is 162 Å². The van der Waals surface area contributed by atoms with E-state index in [2.05, 4.69) is 29.4 Å². The summed E-state index contributed by atoms with van der Waals surface area (Å²) in [6.07, 6.45) is 3.50. The second-order valence-electron chi connectivity index (χ2n) is 6.70. The lowest BCUT2D eigenvalue weighted by Crippen LogP contribution is -2.08. The summed E-state index contributed by atoms with van der Waals surface area (Å²) in [6, 6.07) is 21.9. The Morgan fingerprint density at radius 1 is 0.893 bits per heavy atom. The summed E-state index contributed by atoms with van der Waals surface area (Å²) in [6.45, 7) is 2.07. The van der Waals surface area contributed by atoms with Gasteiger partial charge in [-0.1, -0.05) is 30.3 Å². The summed E-state index contributed by atoms with van der Waals surface area (Å²) >= 11 is 0. The van der Waals surface area contributed by atoms with Gasteiger partial charge < -0.3 is 9.73 Å². The minimum Gasteiger partial charge on any atom is -0.459 e. The van der Waals surface area contributed by atoms with Crippen molar-refractivity contribution in [2.45, 2.75) is 13.0 Å². The van der Waals surface area contributed by atoms with E-state index in [0.717, 1.165) is 39.0 Å². The van der Waals surface area contributed by atoms with Gasteiger partial charge in [0.25, 0.3) is 0 Å². The van der Waals surface area contributed by atoms with Crippen LogP contribution in [0.2, 0.25) is 0 Å². The molecule has 0 spiro atoms. The third-order valence-corrected chi connectivity index (χ3v) is 4.77. The maximum Gasteiger partial charge on any atom is 0.162 e. The van der Waals surface area contributed by atoms with Crippen LogP contribution in [0.5, 0.6) is 0 Å². The summed E-state index contributed by atoms with van der Waals surface area (Å²) in [5.41, 5.74) is 2.71. The first-order valence-corrected chi connectivity index (χ1v) is 9.20. The van der Waals surface area contributed by atoms with E-state index in [1.165, 1.54) is 0 Å². The van der Waals surface area contributed by atoms with Crippen LogP contribution in [0.3, 0.4) is 0 Å². The van der Waals surface area contributed by atoms with Crippen molar-refractivity contribution in [2.24, 2.45) is 0 Å². The largest absolute Gasteiger partial charge is 0.459 e. The minimum absolute atomic E-state index is 0.0454. The third kappa shape index (κ3) is 2.97. The van der Waals surface area contributed by atoms with Gasteiger partial charge in [0.15, 0.2) is 5.82 Å². The van der Waals surface area contributed by atoms with E-state index < -0.39 is 0 Å². The lowest BCUT2D eigenvalue weighted by molar-refractivity contribution is 0.526. The molecule has 0 aliphatic carbocycles. The van der Waals surface area contributed by atoms with Gasteiger partial charge in [0, 0.05) is 28.7 Å². The SMILES string of the molecule is C[C@H](Nc1nc(-c2ccncc2)nc2ccccc12)c1cc2ccccc2o1. The highest BCUT2D eigenvalue weighted by atomic mass is 16.3. The predicted molar refractivity (Wildman–Crippen MR) is 111 cm³/mol. The van der Waals surface area contributed by atoms with E-state index in [0.29, 0.717) is 5.82 Å². The molecule has 1 atom stereocenters. The number of hydrogen-bond acceptors (Lipinski definition) is 5. The van der Waals surface area contributed by atoms with Crippen molar-refractivity contribution in [3.8, 4) is 11.4 Å². The van der Waals surface area contributed by atoms with Crippen LogP contribution < -0.4 is 5.32 Å². The minimum atomic E-state index is -0.0454. The quantitative estimate of drug-likeness (QED) is 0.448. The standard InChI is InChI=1S/C23H18N4O/c1-15(21-14-17-6-2-5-9-20(17)28-21)25-23-18-7-3-4-8-19(18)26-22(27-23)16-10-12-24-13-11-16/h2-15H,1H3,(H,25,26,27)/t15-/m0/s1. The molecule has 0 unspecified atom stereocenters. The van der Waals surface area contributed by atoms with Gasteiger partial charge in [-0.2, -0.15) is 0 Å². The fourth-order valence-corrected chi connectivity index (χ4v) is 3.31. The molecular formula is C23H18N4O. The first-order valence-electron chi connectivity index (χ1n) is 9.20. The van der Waals surface area contributed by atoms with Crippen molar-refractivity contribution in [1.82, 2.24) is 15.0 Å². The number of nitrogens with zero attached hydrogens (tertiary/aromatic N) is 3. The first kappa shape index (κ1) is 16.4. The number of furan rings is 1. The van der Waals surface area contributed by atoms with Gasteiger partial charge in [0.2, 0.25) is 0 Å². The van der Waals surface area contributed by atoms with Gasteiger partial charge in [-0.25, -0.2) is 9.97 Å². The van der Waals surface area contributed by atoms with Crippen molar-refractivity contribution in [3.63, 3.8) is 0 Å². The van der Waals surface area contributed by atoms with E-state index in [1.807, 2.05) is 54.6 Å². The summed E-state index contributed by atoms with van der Waals surface area (Å²) in [7, 11) is 0. The number of para-hydroxylation sites is 2. The number of rotatable bonds is 4. The Hall–Kier alpha value is -3.73. The molecule has 0 bridgehead atoms. The van der Waals surface area contributed by atoms with E-state index >= 15 is 0 Å². The van der Waals surface area contributed by atoms with Gasteiger partial charge in [0.05, 0.1) is 11.6 Å². The smallest absolute Gasteiger partial charge is 0.162 e. The zero-order valence-electron chi connectivity index (χ0n) is 15.3. The fourth-order valence-electron chi connectivity index (χ4n) is 3.31. The molecule has 0 fully saturated rings. The summed E-state index contributed by atoms with van der Waals surface area (Å²) in [5, 5.41) is 5.58. The van der Waals surface area contributed by atoms with Crippen LogP contribution >= 0.6 is 0 Å². The van der Waals surface area contributed by atoms with Gasteiger partial charge in [-0.05, 0) is 43.3 Å². The third-order valence-electron chi connectivity index (χ3n) is 4.77. The number of benzene rings is 2. The van der Waals surface area contributed by atoms with Crippen LogP contribution in [0.25, 0.3) is 33.3 Å². The zero-order valence-corrected chi connectivity index (χ0v) is 15.3. The molecule has 136 valence electrons. The van der Waals surface area contributed by atoms with Crippen molar-refractivity contribution in [3.05, 3.63) is 84.9 Å². The summed E-state index contributed by atoms with van der Waals surface area (Å²) < 4.78 is 6.01. The number of hydrogen-bond donors (Lipinski definition) is 1. The van der Waals surface area contributed by atoms with Crippen molar-refractivity contribution >= 4 is 27.7 Å². The van der Waals surface area contributed by atoms with Crippen LogP contribution in [-0.4, -0.2) is 15.0 Å². The topological polar surface area (TPSA) is 63.8 Å². The van der Waals surface area contributed by atoms with Gasteiger partial charge >= 0.3 is 0 Å². The molecule has 0 aliphatic heterocycles. The molecule has 3 heterocycles. The van der Waals surface area contributed by atoms with Crippen molar-refractivity contribution in [2.75, 3.05) is 5.32 Å². The summed E-state index contributed by atoms with van der Waals surface area (Å²) in [4.78, 5) is 13.6. The molecular weight excluding hydrogens is 348 g/mol. The molecule has 5 rings (SSSR count). The predicted octanol–water partition coefficient (Wildman–Crippen LogP) is 5.61. The van der Waals surface area contributed by atoms with Crippen molar-refractivity contribution < 1.29 is 4.42 Å². The fraction of sp³-hybridized carbons (Fsp3) is 0.0870. The molecule has 1 N–H and O–H groups in total. The molecule has 2 aromatic carbocycles. The monoisotopic (exact) mass is 366 g/mol. The molecule has 0 saturated carbocycles. The second kappa shape index (κ2) is 6.78. The summed E-state index contributed by atoms with van der Waals surface area (Å²) in [5.74, 6) is 2.32. The van der Waals surface area contributed by atoms with Crippen LogP contribution in [0.4, 0.5) is 5.82 Å². The highest BCUT2D eigenvalue weighted by Gasteiger charge is 2.15. The average Bonchev–Trinajstić information content (AvgIpc) is 3.19. The highest BCUT2D eigenvalue weighted by molar-refractivity contribution is 5.90. The Balaban J connectivity index is 1.57. The molecule has 0 amide bonds. The van der Waals surface area contributed by atoms with Crippen LogP contribution in [-0.2, 0) is 0 Å². The van der Waals surface area contributed by atoms with E-state index in [9.17, 15) is 0 Å². The second-order valence-corrected chi connectivity index (χ2v) is 6.70. The molecule has 3 aromatic heterocycles. The number of pyridine rings is 1. The van der Waals surface area contributed by atoms with Crippen LogP contribution in [0, 0.1) is 0 Å². The molecule has 0 radical (unpaired) electrons. The molecule has 28 heavy (non-hydrogen) atoms. The number of aromatic nitrogens is 3. The maximum atomic E-state index is 6.01. The average molecular weight is 366 g/mol. The maximum absolute atomic E-state index is 6.01. The van der Waals surface area contributed by atoms with E-state index in [1.54, 1.807) is 12.4 Å². The Morgan fingerprint density at radius 2 is 1.68 bits per heavy atom. The van der Waals surface area contributed by atoms with Gasteiger partial charge in [-0.15, -0.1) is 0 Å². The van der Waals surface area contributed by atoms with Crippen molar-refractivity contribution in [1.29, 1.82) is 0 Å². The number of nitrogens with one attached hydrogen (secondary N) is 1. The van der Waals surface area contributed by atoms with E-state index in [4.69, 9.17) is 14.4 Å². The van der Waals surface area contributed by atoms with Gasteiger partial charge in [0.1, 0.15) is 17.2 Å². The van der Waals surface area contributed by atoms with Gasteiger partial charge in [-0.3, -0.25) is 4.98 Å². The number of anilines is 1. The molecule has 5 heteroatoms. The highest BCUT2D eigenvalue weighted by Crippen LogP contribution is 2.30. The Morgan fingerprint density at radius 3 is 2.54 bits per heavy atom. The molecule has 5 nitrogen and oxygen atoms in total.